The molecule has 0 heterocycles. The summed E-state index contributed by atoms with van der Waals surface area (Å²) in [5, 5.41) is 0. The van der Waals surface area contributed by atoms with Crippen LogP contribution in [0.1, 0.15) is 32.6 Å². The molecule has 0 saturated heterocycles. The van der Waals surface area contributed by atoms with Crippen molar-refractivity contribution in [2.45, 2.75) is 38.6 Å². The van der Waals surface area contributed by atoms with Crippen molar-refractivity contribution in [2.24, 2.45) is 5.92 Å². The zero-order valence-electron chi connectivity index (χ0n) is 6.89. The van der Waals surface area contributed by atoms with E-state index in [0.29, 0.717) is 6.04 Å². The van der Waals surface area contributed by atoms with Crippen LogP contribution in [0.3, 0.4) is 0 Å². The van der Waals surface area contributed by atoms with E-state index in [4.69, 9.17) is 4.84 Å². The van der Waals surface area contributed by atoms with Crippen molar-refractivity contribution in [3.05, 3.63) is 0 Å². The topological polar surface area (TPSA) is 21.3 Å². The van der Waals surface area contributed by atoms with Gasteiger partial charge in [0.2, 0.25) is 0 Å². The monoisotopic (exact) mass is 143 g/mol. The Morgan fingerprint density at radius 1 is 1.60 bits per heavy atom. The van der Waals surface area contributed by atoms with Crippen LogP contribution in [-0.4, -0.2) is 13.2 Å². The number of hydrogen-bond acceptors (Lipinski definition) is 2. The van der Waals surface area contributed by atoms with Crippen LogP contribution < -0.4 is 5.48 Å². The predicted molar refractivity (Wildman–Crippen MR) is 41.6 cm³/mol. The van der Waals surface area contributed by atoms with Crippen molar-refractivity contribution in [1.29, 1.82) is 0 Å². The number of hydrogen-bond donors (Lipinski definition) is 1. The summed E-state index contributed by atoms with van der Waals surface area (Å²) in [6.45, 7) is 2.17. The van der Waals surface area contributed by atoms with Gasteiger partial charge in [-0.2, -0.15) is 0 Å². The van der Waals surface area contributed by atoms with Crippen LogP contribution in [0.4, 0.5) is 0 Å². The number of nitrogens with one attached hydrogen (secondary N) is 1. The predicted octanol–water partition coefficient (Wildman–Crippen LogP) is 1.72. The average molecular weight is 143 g/mol. The maximum Gasteiger partial charge on any atom is 0.0572 e. The van der Waals surface area contributed by atoms with E-state index in [2.05, 4.69) is 12.4 Å². The van der Waals surface area contributed by atoms with Crippen LogP contribution in [0.5, 0.6) is 0 Å². The van der Waals surface area contributed by atoms with Crippen molar-refractivity contribution in [3.63, 3.8) is 0 Å². The molecule has 1 N–H and O–H groups in total. The van der Waals surface area contributed by atoms with Gasteiger partial charge in [0.05, 0.1) is 7.11 Å². The maximum absolute atomic E-state index is 4.82. The van der Waals surface area contributed by atoms with Gasteiger partial charge >= 0.3 is 0 Å². The largest absolute Gasteiger partial charge is 0.305 e. The molecule has 0 aromatic heterocycles. The average Bonchev–Trinajstić information content (AvgIpc) is 1.80. The zero-order chi connectivity index (χ0) is 7.40. The van der Waals surface area contributed by atoms with Gasteiger partial charge in [-0.05, 0) is 19.3 Å². The Bertz CT molecular complexity index is 91.3. The first-order chi connectivity index (χ1) is 4.83. The fourth-order valence-corrected chi connectivity index (χ4v) is 1.48. The maximum atomic E-state index is 4.82. The van der Waals surface area contributed by atoms with E-state index in [0.717, 1.165) is 5.92 Å². The molecule has 2 heteroatoms. The Kier molecular flexibility index (Phi) is 3.16. The van der Waals surface area contributed by atoms with Crippen molar-refractivity contribution in [1.82, 2.24) is 5.48 Å². The SMILES string of the molecule is CONC(C)CC1CCC1. The molecule has 1 rings (SSSR count). The number of rotatable bonds is 4. The van der Waals surface area contributed by atoms with Gasteiger partial charge in [0.15, 0.2) is 0 Å². The fraction of sp³-hybridized carbons (Fsp3) is 1.00. The molecule has 0 bridgehead atoms. The van der Waals surface area contributed by atoms with Gasteiger partial charge in [-0.15, -0.1) is 0 Å². The highest BCUT2D eigenvalue weighted by Gasteiger charge is 2.19. The Labute approximate surface area is 62.9 Å². The quantitative estimate of drug-likeness (QED) is 0.605. The third-order valence-corrected chi connectivity index (χ3v) is 2.23. The minimum Gasteiger partial charge on any atom is -0.305 e. The fourth-order valence-electron chi connectivity index (χ4n) is 1.48. The standard InChI is InChI=1S/C8H17NO/c1-7(9-10-2)6-8-4-3-5-8/h7-9H,3-6H2,1-2H3. The van der Waals surface area contributed by atoms with E-state index in [1.807, 2.05) is 0 Å². The van der Waals surface area contributed by atoms with Crippen molar-refractivity contribution < 1.29 is 4.84 Å². The summed E-state index contributed by atoms with van der Waals surface area (Å²) >= 11 is 0. The second-order valence-electron chi connectivity index (χ2n) is 3.26. The third-order valence-electron chi connectivity index (χ3n) is 2.23. The Morgan fingerprint density at radius 3 is 2.70 bits per heavy atom. The highest BCUT2D eigenvalue weighted by molar-refractivity contribution is 4.73. The number of hydroxylamine groups is 1. The molecule has 1 saturated carbocycles. The molecule has 1 fully saturated rings. The second-order valence-corrected chi connectivity index (χ2v) is 3.26. The molecule has 60 valence electrons. The van der Waals surface area contributed by atoms with Crippen molar-refractivity contribution in [3.8, 4) is 0 Å². The lowest BCUT2D eigenvalue weighted by molar-refractivity contribution is 0.0533. The first-order valence-electron chi connectivity index (χ1n) is 4.11. The van der Waals surface area contributed by atoms with E-state index >= 15 is 0 Å². The van der Waals surface area contributed by atoms with Gasteiger partial charge in [0, 0.05) is 6.04 Å². The highest BCUT2D eigenvalue weighted by atomic mass is 16.6. The summed E-state index contributed by atoms with van der Waals surface area (Å²) in [6, 6.07) is 0.523. The lowest BCUT2D eigenvalue weighted by Gasteiger charge is -2.27. The molecule has 0 aliphatic heterocycles. The molecule has 1 aliphatic carbocycles. The van der Waals surface area contributed by atoms with E-state index in [-0.39, 0.29) is 0 Å². The van der Waals surface area contributed by atoms with Crippen molar-refractivity contribution in [2.75, 3.05) is 7.11 Å². The molecule has 0 aromatic rings. The zero-order valence-corrected chi connectivity index (χ0v) is 6.89. The van der Waals surface area contributed by atoms with Crippen molar-refractivity contribution >= 4 is 0 Å². The lowest BCUT2D eigenvalue weighted by atomic mass is 9.81. The molecule has 10 heavy (non-hydrogen) atoms. The van der Waals surface area contributed by atoms with Crippen LogP contribution in [0.2, 0.25) is 0 Å². The normalized spacial score (nSPS) is 22.2. The summed E-state index contributed by atoms with van der Waals surface area (Å²) in [6.07, 6.45) is 5.56. The van der Waals surface area contributed by atoms with Crippen LogP contribution in [0.15, 0.2) is 0 Å². The summed E-state index contributed by atoms with van der Waals surface area (Å²) in [5.74, 6) is 0.970. The van der Waals surface area contributed by atoms with Gasteiger partial charge in [-0.25, -0.2) is 5.48 Å². The molecule has 0 radical (unpaired) electrons. The molecule has 0 spiro atoms. The van der Waals surface area contributed by atoms with E-state index in [1.165, 1.54) is 25.7 Å². The third kappa shape index (κ3) is 2.27. The van der Waals surface area contributed by atoms with Crippen LogP contribution in [-0.2, 0) is 4.84 Å². The summed E-state index contributed by atoms with van der Waals surface area (Å²) in [7, 11) is 1.68. The van der Waals surface area contributed by atoms with Gasteiger partial charge in [-0.3, -0.25) is 0 Å². The first-order valence-corrected chi connectivity index (χ1v) is 4.11. The molecule has 0 aromatic carbocycles. The summed E-state index contributed by atoms with van der Waals surface area (Å²) < 4.78 is 0. The molecule has 0 amide bonds. The molecule has 1 atom stereocenters. The van der Waals surface area contributed by atoms with Gasteiger partial charge < -0.3 is 4.84 Å². The van der Waals surface area contributed by atoms with Crippen LogP contribution in [0.25, 0.3) is 0 Å². The summed E-state index contributed by atoms with van der Waals surface area (Å²) in [5.41, 5.74) is 2.94. The van der Waals surface area contributed by atoms with Gasteiger partial charge in [0.1, 0.15) is 0 Å². The lowest BCUT2D eigenvalue weighted by Crippen LogP contribution is -2.29. The second kappa shape index (κ2) is 3.94. The molecule has 2 nitrogen and oxygen atoms in total. The van der Waals surface area contributed by atoms with E-state index < -0.39 is 0 Å². The minimum absolute atomic E-state index is 0.523. The van der Waals surface area contributed by atoms with Gasteiger partial charge in [0.25, 0.3) is 0 Å². The minimum atomic E-state index is 0.523. The molecular weight excluding hydrogens is 126 g/mol. The molecular formula is C8H17NO. The Balaban J connectivity index is 1.99. The summed E-state index contributed by atoms with van der Waals surface area (Å²) in [4.78, 5) is 4.82. The Hall–Kier alpha value is -0.0800. The van der Waals surface area contributed by atoms with Crippen LogP contribution >= 0.6 is 0 Å². The van der Waals surface area contributed by atoms with E-state index in [1.54, 1.807) is 7.11 Å². The van der Waals surface area contributed by atoms with Crippen LogP contribution in [0, 0.1) is 5.92 Å². The Morgan fingerprint density at radius 2 is 2.30 bits per heavy atom. The molecule has 1 unspecified atom stereocenters. The highest BCUT2D eigenvalue weighted by Crippen LogP contribution is 2.30. The first kappa shape index (κ1) is 8.02. The van der Waals surface area contributed by atoms with Gasteiger partial charge in [-0.1, -0.05) is 19.3 Å². The smallest absolute Gasteiger partial charge is 0.0572 e. The molecule has 1 aliphatic rings. The van der Waals surface area contributed by atoms with E-state index in [9.17, 15) is 0 Å².